The van der Waals surface area contributed by atoms with Crippen LogP contribution in [0.2, 0.25) is 0 Å². The number of carbonyl (C=O) groups excluding carboxylic acids is 1. The average molecular weight is 305 g/mol. The van der Waals surface area contributed by atoms with E-state index in [-0.39, 0.29) is 18.3 Å². The monoisotopic (exact) mass is 304 g/mol. The molecule has 1 aliphatic carbocycles. The van der Waals surface area contributed by atoms with Crippen LogP contribution in [0, 0.1) is 11.8 Å². The Morgan fingerprint density at radius 2 is 1.90 bits per heavy atom. The Labute approximate surface area is 129 Å². The molecule has 2 aliphatic rings. The number of nitrogens with zero attached hydrogens (tertiary/aromatic N) is 1. The lowest BCUT2D eigenvalue weighted by atomic mass is 10.1. The molecular formula is C15H29ClN2O2. The number of hydrogen-bond acceptors (Lipinski definition) is 3. The van der Waals surface area contributed by atoms with Gasteiger partial charge >= 0.3 is 0 Å². The Kier molecular flexibility index (Phi) is 7.85. The van der Waals surface area contributed by atoms with E-state index in [0.717, 1.165) is 45.0 Å². The van der Waals surface area contributed by atoms with Crippen LogP contribution >= 0.6 is 12.4 Å². The van der Waals surface area contributed by atoms with Crippen LogP contribution in [-0.2, 0) is 9.53 Å². The molecule has 0 atom stereocenters. The van der Waals surface area contributed by atoms with Gasteiger partial charge in [0.05, 0.1) is 12.6 Å². The van der Waals surface area contributed by atoms with Crippen molar-refractivity contribution in [1.29, 1.82) is 0 Å². The number of piperidine rings is 1. The molecule has 118 valence electrons. The molecule has 4 nitrogen and oxygen atoms in total. The van der Waals surface area contributed by atoms with Gasteiger partial charge < -0.3 is 15.0 Å². The van der Waals surface area contributed by atoms with Crippen molar-refractivity contribution in [3.8, 4) is 0 Å². The summed E-state index contributed by atoms with van der Waals surface area (Å²) in [4.78, 5) is 14.0. The molecule has 20 heavy (non-hydrogen) atoms. The third-order valence-electron chi connectivity index (χ3n) is 3.87. The van der Waals surface area contributed by atoms with Gasteiger partial charge in [0.25, 0.3) is 0 Å². The SMILES string of the molecule is CC(C)COC1CCN(C(=O)CNCC2CC2)CC1.Cl. The number of rotatable bonds is 7. The highest BCUT2D eigenvalue weighted by molar-refractivity contribution is 5.85. The third kappa shape index (κ3) is 6.42. The third-order valence-corrected chi connectivity index (χ3v) is 3.87. The fourth-order valence-corrected chi connectivity index (χ4v) is 2.42. The van der Waals surface area contributed by atoms with E-state index in [1.807, 2.05) is 4.90 Å². The number of hydrogen-bond donors (Lipinski definition) is 1. The van der Waals surface area contributed by atoms with Gasteiger partial charge in [-0.1, -0.05) is 13.8 Å². The molecule has 1 aliphatic heterocycles. The number of likely N-dealkylation sites (tertiary alicyclic amines) is 1. The van der Waals surface area contributed by atoms with Gasteiger partial charge in [0.15, 0.2) is 0 Å². The number of halogens is 1. The summed E-state index contributed by atoms with van der Waals surface area (Å²) in [6.07, 6.45) is 4.99. The second-order valence-electron chi connectivity index (χ2n) is 6.38. The van der Waals surface area contributed by atoms with Crippen molar-refractivity contribution >= 4 is 18.3 Å². The Morgan fingerprint density at radius 1 is 1.25 bits per heavy atom. The van der Waals surface area contributed by atoms with Crippen molar-refractivity contribution in [3.63, 3.8) is 0 Å². The van der Waals surface area contributed by atoms with Crippen LogP contribution in [0.15, 0.2) is 0 Å². The summed E-state index contributed by atoms with van der Waals surface area (Å²) < 4.78 is 5.84. The van der Waals surface area contributed by atoms with Crippen molar-refractivity contribution in [3.05, 3.63) is 0 Å². The van der Waals surface area contributed by atoms with Gasteiger partial charge in [0, 0.05) is 19.7 Å². The molecule has 5 heteroatoms. The van der Waals surface area contributed by atoms with Gasteiger partial charge in [-0.05, 0) is 44.1 Å². The van der Waals surface area contributed by atoms with Crippen LogP contribution in [0.1, 0.15) is 39.5 Å². The Morgan fingerprint density at radius 3 is 2.45 bits per heavy atom. The largest absolute Gasteiger partial charge is 0.378 e. The molecule has 2 fully saturated rings. The molecule has 0 aromatic heterocycles. The van der Waals surface area contributed by atoms with Crippen LogP contribution in [0.25, 0.3) is 0 Å². The summed E-state index contributed by atoms with van der Waals surface area (Å²) in [6, 6.07) is 0. The lowest BCUT2D eigenvalue weighted by Crippen LogP contribution is -2.44. The normalized spacial score (nSPS) is 20.1. The Balaban J connectivity index is 0.00000200. The van der Waals surface area contributed by atoms with E-state index in [1.165, 1.54) is 12.8 Å². The van der Waals surface area contributed by atoms with E-state index in [1.54, 1.807) is 0 Å². The minimum atomic E-state index is 0. The lowest BCUT2D eigenvalue weighted by molar-refractivity contribution is -0.133. The summed E-state index contributed by atoms with van der Waals surface area (Å²) in [7, 11) is 0. The standard InChI is InChI=1S/C15H28N2O2.ClH/c1-12(2)11-19-14-5-7-17(8-6-14)15(18)10-16-9-13-3-4-13;/h12-14,16H,3-11H2,1-2H3;1H. The van der Waals surface area contributed by atoms with Crippen LogP contribution in [0.4, 0.5) is 0 Å². The first-order valence-electron chi connectivity index (χ1n) is 7.75. The summed E-state index contributed by atoms with van der Waals surface area (Å²) >= 11 is 0. The smallest absolute Gasteiger partial charge is 0.236 e. The summed E-state index contributed by atoms with van der Waals surface area (Å²) in [5, 5.41) is 3.27. The molecule has 0 unspecified atom stereocenters. The zero-order valence-electron chi connectivity index (χ0n) is 12.8. The van der Waals surface area contributed by atoms with Crippen LogP contribution < -0.4 is 5.32 Å². The molecule has 2 rings (SSSR count). The molecule has 1 amide bonds. The highest BCUT2D eigenvalue weighted by Gasteiger charge is 2.24. The predicted octanol–water partition coefficient (Wildman–Crippen LogP) is 2.07. The second kappa shape index (κ2) is 8.85. The topological polar surface area (TPSA) is 41.6 Å². The first kappa shape index (κ1) is 17.7. The van der Waals surface area contributed by atoms with E-state index in [2.05, 4.69) is 19.2 Å². The molecule has 1 heterocycles. The zero-order chi connectivity index (χ0) is 13.7. The first-order chi connectivity index (χ1) is 9.15. The maximum absolute atomic E-state index is 12.0. The van der Waals surface area contributed by atoms with E-state index >= 15 is 0 Å². The molecule has 0 radical (unpaired) electrons. The highest BCUT2D eigenvalue weighted by atomic mass is 35.5. The molecular weight excluding hydrogens is 276 g/mol. The van der Waals surface area contributed by atoms with Crippen molar-refractivity contribution in [2.24, 2.45) is 11.8 Å². The minimum Gasteiger partial charge on any atom is -0.378 e. The van der Waals surface area contributed by atoms with E-state index in [0.29, 0.717) is 18.6 Å². The molecule has 0 aromatic rings. The fourth-order valence-electron chi connectivity index (χ4n) is 2.42. The maximum Gasteiger partial charge on any atom is 0.236 e. The van der Waals surface area contributed by atoms with E-state index in [9.17, 15) is 4.79 Å². The van der Waals surface area contributed by atoms with Gasteiger partial charge in [-0.3, -0.25) is 4.79 Å². The summed E-state index contributed by atoms with van der Waals surface area (Å²) in [5.41, 5.74) is 0. The number of ether oxygens (including phenoxy) is 1. The lowest BCUT2D eigenvalue weighted by Gasteiger charge is -2.32. The van der Waals surface area contributed by atoms with Crippen LogP contribution in [0.5, 0.6) is 0 Å². The zero-order valence-corrected chi connectivity index (χ0v) is 13.6. The molecule has 0 bridgehead atoms. The van der Waals surface area contributed by atoms with Crippen molar-refractivity contribution in [2.45, 2.75) is 45.6 Å². The molecule has 0 aromatic carbocycles. The van der Waals surface area contributed by atoms with Gasteiger partial charge in [-0.25, -0.2) is 0 Å². The van der Waals surface area contributed by atoms with E-state index < -0.39 is 0 Å². The first-order valence-corrected chi connectivity index (χ1v) is 7.75. The molecule has 0 spiro atoms. The predicted molar refractivity (Wildman–Crippen MR) is 83.2 cm³/mol. The quantitative estimate of drug-likeness (QED) is 0.783. The van der Waals surface area contributed by atoms with Crippen LogP contribution in [-0.4, -0.2) is 49.7 Å². The van der Waals surface area contributed by atoms with Gasteiger partial charge in [-0.15, -0.1) is 12.4 Å². The summed E-state index contributed by atoms with van der Waals surface area (Å²) in [6.45, 7) is 8.41. The maximum atomic E-state index is 12.0. The number of carbonyl (C=O) groups is 1. The Bertz CT molecular complexity index is 288. The summed E-state index contributed by atoms with van der Waals surface area (Å²) in [5.74, 6) is 1.68. The van der Waals surface area contributed by atoms with Gasteiger partial charge in [0.2, 0.25) is 5.91 Å². The van der Waals surface area contributed by atoms with Crippen molar-refractivity contribution < 1.29 is 9.53 Å². The molecule has 1 saturated heterocycles. The highest BCUT2D eigenvalue weighted by Crippen LogP contribution is 2.27. The van der Waals surface area contributed by atoms with Crippen molar-refractivity contribution in [1.82, 2.24) is 10.2 Å². The fraction of sp³-hybridized carbons (Fsp3) is 0.933. The number of amides is 1. The minimum absolute atomic E-state index is 0. The molecule has 1 N–H and O–H groups in total. The van der Waals surface area contributed by atoms with Crippen molar-refractivity contribution in [2.75, 3.05) is 32.8 Å². The van der Waals surface area contributed by atoms with Gasteiger partial charge in [-0.2, -0.15) is 0 Å². The second-order valence-corrected chi connectivity index (χ2v) is 6.38. The Hall–Kier alpha value is -0.320. The molecule has 1 saturated carbocycles. The van der Waals surface area contributed by atoms with Gasteiger partial charge in [0.1, 0.15) is 0 Å². The average Bonchev–Trinajstić information content (AvgIpc) is 3.21. The number of nitrogens with one attached hydrogen (secondary N) is 1. The van der Waals surface area contributed by atoms with E-state index in [4.69, 9.17) is 4.74 Å². The van der Waals surface area contributed by atoms with Crippen LogP contribution in [0.3, 0.4) is 0 Å².